The van der Waals surface area contributed by atoms with Crippen LogP contribution >= 0.6 is 27.7 Å². The molecule has 0 saturated carbocycles. The Kier molecular flexibility index (Phi) is 6.35. The third-order valence-corrected chi connectivity index (χ3v) is 5.85. The van der Waals surface area contributed by atoms with Crippen molar-refractivity contribution in [1.82, 2.24) is 5.32 Å². The maximum absolute atomic E-state index is 12.3. The van der Waals surface area contributed by atoms with Gasteiger partial charge in [0.2, 0.25) is 0 Å². The van der Waals surface area contributed by atoms with Gasteiger partial charge in [-0.15, -0.1) is 0 Å². The minimum Gasteiger partial charge on any atom is -0.489 e. The fraction of sp³-hybridized carbons (Fsp3) is 0.0833. The highest BCUT2D eigenvalue weighted by atomic mass is 79.9. The largest absolute Gasteiger partial charge is 0.489 e. The number of ether oxygens (including phenoxy) is 1. The fourth-order valence-electron chi connectivity index (χ4n) is 2.78. The molecule has 0 radical (unpaired) electrons. The molecule has 1 heterocycles. The van der Waals surface area contributed by atoms with Gasteiger partial charge in [0.25, 0.3) is 5.91 Å². The first kappa shape index (κ1) is 20.4. The maximum atomic E-state index is 12.3. The highest BCUT2D eigenvalue weighted by Gasteiger charge is 2.23. The summed E-state index contributed by atoms with van der Waals surface area (Å²) < 4.78 is 6.83. The molecule has 1 aliphatic rings. The second-order valence-corrected chi connectivity index (χ2v) is 8.75. The van der Waals surface area contributed by atoms with Crippen LogP contribution in [0.25, 0.3) is 6.08 Å². The normalized spacial score (nSPS) is 16.1. The molecule has 1 saturated heterocycles. The van der Waals surface area contributed by atoms with E-state index in [0.29, 0.717) is 16.7 Å². The third-order valence-electron chi connectivity index (χ3n) is 4.41. The Morgan fingerprint density at radius 3 is 2.40 bits per heavy atom. The molecule has 1 aliphatic heterocycles. The number of nitrogens with one attached hydrogen (secondary N) is 1. The van der Waals surface area contributed by atoms with Crippen molar-refractivity contribution in [3.05, 3.63) is 98.9 Å². The summed E-state index contributed by atoms with van der Waals surface area (Å²) in [6.45, 7) is 2.59. The molecule has 4 nitrogen and oxygen atoms in total. The van der Waals surface area contributed by atoms with E-state index in [4.69, 9.17) is 4.74 Å². The number of nitrogens with zero attached hydrogens (tertiary/aromatic N) is 1. The third kappa shape index (κ3) is 5.40. The van der Waals surface area contributed by atoms with E-state index in [0.717, 1.165) is 27.0 Å². The monoisotopic (exact) mass is 478 g/mol. The summed E-state index contributed by atoms with van der Waals surface area (Å²) in [4.78, 5) is 17.4. The first-order valence-electron chi connectivity index (χ1n) is 9.39. The van der Waals surface area contributed by atoms with Gasteiger partial charge in [-0.3, -0.25) is 4.79 Å². The minimum absolute atomic E-state index is 0.143. The van der Waals surface area contributed by atoms with E-state index in [1.54, 1.807) is 0 Å². The van der Waals surface area contributed by atoms with E-state index in [1.807, 2.05) is 54.6 Å². The van der Waals surface area contributed by atoms with Crippen LogP contribution in [0.3, 0.4) is 0 Å². The predicted molar refractivity (Wildman–Crippen MR) is 127 cm³/mol. The molecule has 150 valence electrons. The Morgan fingerprint density at radius 1 is 1.00 bits per heavy atom. The van der Waals surface area contributed by atoms with E-state index in [9.17, 15) is 4.79 Å². The van der Waals surface area contributed by atoms with Crippen LogP contribution < -0.4 is 10.1 Å². The second-order valence-electron chi connectivity index (χ2n) is 6.80. The Morgan fingerprint density at radius 2 is 1.70 bits per heavy atom. The van der Waals surface area contributed by atoms with Crippen LogP contribution in [-0.2, 0) is 11.4 Å². The highest BCUT2D eigenvalue weighted by molar-refractivity contribution is 9.10. The molecule has 3 aromatic rings. The topological polar surface area (TPSA) is 50.7 Å². The predicted octanol–water partition coefficient (Wildman–Crippen LogP) is 6.23. The number of rotatable bonds is 5. The average molecular weight is 479 g/mol. The molecule has 1 N–H and O–H groups in total. The molecule has 1 amide bonds. The molecule has 3 aromatic carbocycles. The van der Waals surface area contributed by atoms with Gasteiger partial charge in [0.1, 0.15) is 12.4 Å². The van der Waals surface area contributed by atoms with E-state index in [-0.39, 0.29) is 5.91 Å². The van der Waals surface area contributed by atoms with Crippen LogP contribution in [0.4, 0.5) is 5.69 Å². The molecule has 6 heteroatoms. The molecule has 0 spiro atoms. The van der Waals surface area contributed by atoms with Gasteiger partial charge in [0, 0.05) is 4.47 Å². The fourth-order valence-corrected chi connectivity index (χ4v) is 3.88. The van der Waals surface area contributed by atoms with E-state index < -0.39 is 0 Å². The van der Waals surface area contributed by atoms with Gasteiger partial charge in [-0.05, 0) is 72.3 Å². The molecule has 30 heavy (non-hydrogen) atoms. The molecule has 4 rings (SSSR count). The highest BCUT2D eigenvalue weighted by Crippen LogP contribution is 2.29. The number of carbonyl (C=O) groups is 1. The van der Waals surface area contributed by atoms with Crippen LogP contribution in [0.1, 0.15) is 16.7 Å². The molecule has 1 fully saturated rings. The molecule has 0 unspecified atom stereocenters. The Balaban J connectivity index is 1.39. The van der Waals surface area contributed by atoms with Crippen molar-refractivity contribution >= 4 is 50.5 Å². The lowest BCUT2D eigenvalue weighted by Crippen LogP contribution is -2.19. The van der Waals surface area contributed by atoms with Crippen LogP contribution in [-0.4, -0.2) is 11.1 Å². The number of thioether (sulfide) groups is 1. The van der Waals surface area contributed by atoms with Crippen molar-refractivity contribution in [2.75, 3.05) is 0 Å². The number of aryl methyl sites for hydroxylation is 1. The van der Waals surface area contributed by atoms with E-state index in [1.165, 1.54) is 17.3 Å². The quantitative estimate of drug-likeness (QED) is 0.442. The van der Waals surface area contributed by atoms with Gasteiger partial charge in [0.05, 0.1) is 10.6 Å². The van der Waals surface area contributed by atoms with Crippen LogP contribution in [0.15, 0.2) is 87.2 Å². The zero-order valence-electron chi connectivity index (χ0n) is 16.3. The summed E-state index contributed by atoms with van der Waals surface area (Å²) in [7, 11) is 0. The first-order valence-corrected chi connectivity index (χ1v) is 11.0. The summed E-state index contributed by atoms with van der Waals surface area (Å²) in [6.07, 6.45) is 1.86. The minimum atomic E-state index is -0.143. The van der Waals surface area contributed by atoms with Crippen LogP contribution in [0.5, 0.6) is 5.75 Å². The van der Waals surface area contributed by atoms with Crippen molar-refractivity contribution in [3.8, 4) is 5.75 Å². The maximum Gasteiger partial charge on any atom is 0.264 e. The molecule has 0 bridgehead atoms. The number of amides is 1. The average Bonchev–Trinajstić information content (AvgIpc) is 3.09. The standard InChI is InChI=1S/C24H19BrN2O2S/c1-16-2-4-18(5-3-16)15-29-21-12-6-17(7-13-21)14-22-23(28)27-24(30-22)26-20-10-8-19(25)9-11-20/h2-14H,15H2,1H3,(H,26,27,28)/b22-14-. The molecule has 0 aliphatic carbocycles. The molecule has 0 atom stereocenters. The van der Waals surface area contributed by atoms with E-state index >= 15 is 0 Å². The molecule has 0 aromatic heterocycles. The number of hydrogen-bond donors (Lipinski definition) is 1. The van der Waals surface area contributed by atoms with Gasteiger partial charge in [-0.25, -0.2) is 4.99 Å². The summed E-state index contributed by atoms with van der Waals surface area (Å²) in [5, 5.41) is 3.39. The molecular formula is C24H19BrN2O2S. The number of hydrogen-bond acceptors (Lipinski definition) is 4. The van der Waals surface area contributed by atoms with Crippen molar-refractivity contribution in [3.63, 3.8) is 0 Å². The SMILES string of the molecule is Cc1ccc(COc2ccc(/C=C3\SC(=Nc4ccc(Br)cc4)NC3=O)cc2)cc1. The Bertz CT molecular complexity index is 1110. The summed E-state index contributed by atoms with van der Waals surface area (Å²) in [5.41, 5.74) is 4.08. The Labute approximate surface area is 188 Å². The number of carbonyl (C=O) groups excluding carboxylic acids is 1. The number of halogens is 1. The van der Waals surface area contributed by atoms with Crippen molar-refractivity contribution in [2.24, 2.45) is 4.99 Å². The smallest absolute Gasteiger partial charge is 0.264 e. The number of benzene rings is 3. The van der Waals surface area contributed by atoms with Crippen LogP contribution in [0.2, 0.25) is 0 Å². The summed E-state index contributed by atoms with van der Waals surface area (Å²) in [6, 6.07) is 23.6. The van der Waals surface area contributed by atoms with Crippen molar-refractivity contribution < 1.29 is 9.53 Å². The molecular weight excluding hydrogens is 460 g/mol. The van der Waals surface area contributed by atoms with Crippen molar-refractivity contribution in [2.45, 2.75) is 13.5 Å². The van der Waals surface area contributed by atoms with Gasteiger partial charge < -0.3 is 10.1 Å². The van der Waals surface area contributed by atoms with Gasteiger partial charge in [-0.1, -0.05) is 57.9 Å². The zero-order valence-corrected chi connectivity index (χ0v) is 18.7. The van der Waals surface area contributed by atoms with Gasteiger partial charge in [-0.2, -0.15) is 0 Å². The second kappa shape index (κ2) is 9.32. The lowest BCUT2D eigenvalue weighted by molar-refractivity contribution is -0.115. The zero-order chi connectivity index (χ0) is 20.9. The summed E-state index contributed by atoms with van der Waals surface area (Å²) >= 11 is 4.73. The first-order chi connectivity index (χ1) is 14.5. The summed E-state index contributed by atoms with van der Waals surface area (Å²) in [5.74, 6) is 0.648. The number of amidine groups is 1. The Hall–Kier alpha value is -2.83. The lowest BCUT2D eigenvalue weighted by Gasteiger charge is -2.07. The van der Waals surface area contributed by atoms with Gasteiger partial charge >= 0.3 is 0 Å². The van der Waals surface area contributed by atoms with Gasteiger partial charge in [0.15, 0.2) is 5.17 Å². The van der Waals surface area contributed by atoms with E-state index in [2.05, 4.69) is 57.4 Å². The van der Waals surface area contributed by atoms with Crippen LogP contribution in [0, 0.1) is 6.92 Å². The van der Waals surface area contributed by atoms with Crippen molar-refractivity contribution in [1.29, 1.82) is 0 Å². The number of aliphatic imine (C=N–C) groups is 1. The lowest BCUT2D eigenvalue weighted by atomic mass is 10.1.